The first-order chi connectivity index (χ1) is 11.1. The standard InChI is InChI=1S/C18H31N3O2/c1-3-13(2)19-17(22)12-20-6-8-21(9-7-20)18(23)16-11-14-4-5-15(16)10-14/h13-16H,3-12H2,1-2H3,(H,19,22). The van der Waals surface area contributed by atoms with E-state index in [1.807, 2.05) is 6.92 Å². The van der Waals surface area contributed by atoms with E-state index >= 15 is 0 Å². The number of hydrogen-bond donors (Lipinski definition) is 1. The molecule has 0 aromatic rings. The molecule has 130 valence electrons. The molecular weight excluding hydrogens is 290 g/mol. The summed E-state index contributed by atoms with van der Waals surface area (Å²) in [5.74, 6) is 2.27. The highest BCUT2D eigenvalue weighted by molar-refractivity contribution is 5.80. The van der Waals surface area contributed by atoms with Crippen LogP contribution in [0.15, 0.2) is 0 Å². The summed E-state index contributed by atoms with van der Waals surface area (Å²) in [5.41, 5.74) is 0. The number of hydrogen-bond acceptors (Lipinski definition) is 3. The van der Waals surface area contributed by atoms with Gasteiger partial charge in [0.15, 0.2) is 0 Å². The molecule has 2 saturated carbocycles. The fourth-order valence-corrected chi connectivity index (χ4v) is 4.53. The molecule has 3 aliphatic rings. The van der Waals surface area contributed by atoms with E-state index in [9.17, 15) is 9.59 Å². The molecule has 0 aromatic carbocycles. The fraction of sp³-hybridized carbons (Fsp3) is 0.889. The summed E-state index contributed by atoms with van der Waals surface area (Å²) < 4.78 is 0. The average Bonchev–Trinajstić information content (AvgIpc) is 3.17. The zero-order valence-electron chi connectivity index (χ0n) is 14.6. The summed E-state index contributed by atoms with van der Waals surface area (Å²) in [4.78, 5) is 28.9. The van der Waals surface area contributed by atoms with Crippen molar-refractivity contribution in [2.45, 2.75) is 52.0 Å². The topological polar surface area (TPSA) is 52.7 Å². The van der Waals surface area contributed by atoms with Crippen LogP contribution in [-0.2, 0) is 9.59 Å². The third-order valence-electron chi connectivity index (χ3n) is 6.13. The number of carbonyl (C=O) groups excluding carboxylic acids is 2. The van der Waals surface area contributed by atoms with Gasteiger partial charge in [0.25, 0.3) is 0 Å². The average molecular weight is 321 g/mol. The molecule has 0 radical (unpaired) electrons. The number of piperazine rings is 1. The van der Waals surface area contributed by atoms with Crippen molar-refractivity contribution < 1.29 is 9.59 Å². The minimum atomic E-state index is 0.104. The lowest BCUT2D eigenvalue weighted by molar-refractivity contribution is -0.139. The maximum atomic E-state index is 12.7. The number of amides is 2. The zero-order chi connectivity index (χ0) is 16.4. The molecule has 5 nitrogen and oxygen atoms in total. The summed E-state index contributed by atoms with van der Waals surface area (Å²) in [6, 6.07) is 0.239. The summed E-state index contributed by atoms with van der Waals surface area (Å²) in [5, 5.41) is 3.01. The van der Waals surface area contributed by atoms with E-state index in [1.54, 1.807) is 0 Å². The van der Waals surface area contributed by atoms with Gasteiger partial charge in [0.05, 0.1) is 6.54 Å². The first-order valence-electron chi connectivity index (χ1n) is 9.37. The lowest BCUT2D eigenvalue weighted by atomic mass is 9.87. The first kappa shape index (κ1) is 16.7. The number of carbonyl (C=O) groups is 2. The van der Waals surface area contributed by atoms with E-state index in [4.69, 9.17) is 0 Å². The van der Waals surface area contributed by atoms with Crippen molar-refractivity contribution >= 4 is 11.8 Å². The molecule has 2 bridgehead atoms. The highest BCUT2D eigenvalue weighted by Crippen LogP contribution is 2.48. The Balaban J connectivity index is 1.41. The Morgan fingerprint density at radius 2 is 1.87 bits per heavy atom. The first-order valence-corrected chi connectivity index (χ1v) is 9.37. The second-order valence-corrected chi connectivity index (χ2v) is 7.76. The summed E-state index contributed by atoms with van der Waals surface area (Å²) >= 11 is 0. The van der Waals surface area contributed by atoms with Gasteiger partial charge in [-0.25, -0.2) is 0 Å². The minimum Gasteiger partial charge on any atom is -0.353 e. The van der Waals surface area contributed by atoms with Gasteiger partial charge in [0, 0.05) is 38.1 Å². The van der Waals surface area contributed by atoms with Crippen molar-refractivity contribution in [2.24, 2.45) is 17.8 Å². The van der Waals surface area contributed by atoms with Crippen LogP contribution in [0.1, 0.15) is 46.0 Å². The largest absolute Gasteiger partial charge is 0.353 e. The van der Waals surface area contributed by atoms with Crippen LogP contribution in [0.4, 0.5) is 0 Å². The van der Waals surface area contributed by atoms with Crippen LogP contribution >= 0.6 is 0 Å². The Bertz CT molecular complexity index is 446. The van der Waals surface area contributed by atoms with Gasteiger partial charge < -0.3 is 10.2 Å². The van der Waals surface area contributed by atoms with Crippen molar-refractivity contribution in [2.75, 3.05) is 32.7 Å². The minimum absolute atomic E-state index is 0.104. The molecule has 4 unspecified atom stereocenters. The number of nitrogens with zero attached hydrogens (tertiary/aromatic N) is 2. The van der Waals surface area contributed by atoms with Crippen LogP contribution in [0.25, 0.3) is 0 Å². The van der Waals surface area contributed by atoms with Crippen molar-refractivity contribution in [3.05, 3.63) is 0 Å². The molecule has 1 aliphatic heterocycles. The van der Waals surface area contributed by atoms with Crippen LogP contribution < -0.4 is 5.32 Å². The van der Waals surface area contributed by atoms with Gasteiger partial charge >= 0.3 is 0 Å². The van der Waals surface area contributed by atoms with Crippen LogP contribution in [-0.4, -0.2) is 60.4 Å². The van der Waals surface area contributed by atoms with E-state index < -0.39 is 0 Å². The fourth-order valence-electron chi connectivity index (χ4n) is 4.53. The van der Waals surface area contributed by atoms with Crippen molar-refractivity contribution in [1.29, 1.82) is 0 Å². The summed E-state index contributed by atoms with van der Waals surface area (Å²) in [6.45, 7) is 7.77. The highest BCUT2D eigenvalue weighted by atomic mass is 16.2. The maximum absolute atomic E-state index is 12.7. The normalized spacial score (nSPS) is 32.1. The Morgan fingerprint density at radius 3 is 2.43 bits per heavy atom. The number of fused-ring (bicyclic) bond motifs is 2. The molecule has 3 fully saturated rings. The monoisotopic (exact) mass is 321 g/mol. The molecule has 2 aliphatic carbocycles. The smallest absolute Gasteiger partial charge is 0.234 e. The van der Waals surface area contributed by atoms with E-state index in [-0.39, 0.29) is 11.9 Å². The molecule has 2 amide bonds. The van der Waals surface area contributed by atoms with Gasteiger partial charge in [0.2, 0.25) is 11.8 Å². The molecule has 1 N–H and O–H groups in total. The second kappa shape index (κ2) is 7.20. The third kappa shape index (κ3) is 3.87. The predicted octanol–water partition coefficient (Wildman–Crippen LogP) is 1.48. The number of nitrogens with one attached hydrogen (secondary N) is 1. The second-order valence-electron chi connectivity index (χ2n) is 7.76. The summed E-state index contributed by atoms with van der Waals surface area (Å²) in [6.07, 6.45) is 5.97. The van der Waals surface area contributed by atoms with Gasteiger partial charge in [-0.15, -0.1) is 0 Å². The van der Waals surface area contributed by atoms with Crippen LogP contribution in [0.5, 0.6) is 0 Å². The Labute approximate surface area is 139 Å². The van der Waals surface area contributed by atoms with Gasteiger partial charge in [-0.3, -0.25) is 14.5 Å². The maximum Gasteiger partial charge on any atom is 0.234 e. The van der Waals surface area contributed by atoms with Gasteiger partial charge in [-0.1, -0.05) is 13.3 Å². The van der Waals surface area contributed by atoms with Crippen LogP contribution in [0, 0.1) is 17.8 Å². The quantitative estimate of drug-likeness (QED) is 0.834. The molecule has 0 spiro atoms. The lowest BCUT2D eigenvalue weighted by Gasteiger charge is -2.37. The van der Waals surface area contributed by atoms with Crippen molar-refractivity contribution in [1.82, 2.24) is 15.1 Å². The number of rotatable bonds is 5. The van der Waals surface area contributed by atoms with E-state index in [2.05, 4.69) is 22.0 Å². The molecule has 3 rings (SSSR count). The molecule has 4 atom stereocenters. The molecule has 1 heterocycles. The van der Waals surface area contributed by atoms with Gasteiger partial charge in [0.1, 0.15) is 0 Å². The third-order valence-corrected chi connectivity index (χ3v) is 6.13. The molecule has 23 heavy (non-hydrogen) atoms. The Morgan fingerprint density at radius 1 is 1.13 bits per heavy atom. The predicted molar refractivity (Wildman–Crippen MR) is 89.9 cm³/mol. The lowest BCUT2D eigenvalue weighted by Crippen LogP contribution is -2.53. The van der Waals surface area contributed by atoms with Crippen molar-refractivity contribution in [3.63, 3.8) is 0 Å². The van der Waals surface area contributed by atoms with Crippen molar-refractivity contribution in [3.8, 4) is 0 Å². The molecule has 0 aromatic heterocycles. The van der Waals surface area contributed by atoms with Crippen LogP contribution in [0.2, 0.25) is 0 Å². The van der Waals surface area contributed by atoms with E-state index in [1.165, 1.54) is 19.3 Å². The molecule has 5 heteroatoms. The highest BCUT2D eigenvalue weighted by Gasteiger charge is 2.44. The summed E-state index contributed by atoms with van der Waals surface area (Å²) in [7, 11) is 0. The van der Waals surface area contributed by atoms with E-state index in [0.717, 1.165) is 44.9 Å². The molecular formula is C18H31N3O2. The van der Waals surface area contributed by atoms with Crippen LogP contribution in [0.3, 0.4) is 0 Å². The SMILES string of the molecule is CCC(C)NC(=O)CN1CCN(C(=O)C2CC3CCC2C3)CC1. The van der Waals surface area contributed by atoms with Gasteiger partial charge in [-0.2, -0.15) is 0 Å². The Hall–Kier alpha value is -1.10. The van der Waals surface area contributed by atoms with Gasteiger partial charge in [-0.05, 0) is 44.4 Å². The zero-order valence-corrected chi connectivity index (χ0v) is 14.6. The Kier molecular flexibility index (Phi) is 5.24. The van der Waals surface area contributed by atoms with E-state index in [0.29, 0.717) is 24.3 Å². The molecule has 1 saturated heterocycles.